The van der Waals surface area contributed by atoms with Crippen LogP contribution in [0.25, 0.3) is 6.08 Å². The first kappa shape index (κ1) is 19.9. The number of carbonyl (C=O) groups excluding carboxylic acids is 1. The highest BCUT2D eigenvalue weighted by atomic mass is 16.3. The van der Waals surface area contributed by atoms with Gasteiger partial charge in [0.1, 0.15) is 11.4 Å². The monoisotopic (exact) mass is 382 g/mol. The van der Waals surface area contributed by atoms with Gasteiger partial charge in [0, 0.05) is 35.9 Å². The lowest BCUT2D eigenvalue weighted by Gasteiger charge is -2.18. The fraction of sp³-hybridized carbons (Fsp3) is 0.400. The van der Waals surface area contributed by atoms with Crippen LogP contribution in [-0.4, -0.2) is 56.2 Å². The molecule has 8 nitrogen and oxygen atoms in total. The van der Waals surface area contributed by atoms with Gasteiger partial charge in [0.25, 0.3) is 5.91 Å². The summed E-state index contributed by atoms with van der Waals surface area (Å²) in [5, 5.41) is 14.1. The number of aromatic amines is 1. The molecule has 0 bridgehead atoms. The van der Waals surface area contributed by atoms with Gasteiger partial charge >= 0.3 is 0 Å². The van der Waals surface area contributed by atoms with Gasteiger partial charge in [0.2, 0.25) is 0 Å². The number of likely N-dealkylation sites (N-methyl/N-ethyl adjacent to an activating group) is 1. The van der Waals surface area contributed by atoms with E-state index < -0.39 is 0 Å². The van der Waals surface area contributed by atoms with Gasteiger partial charge < -0.3 is 15.0 Å². The SMILES string of the molecule is CCN(CC)CCc1c(C)[nH]c(/C=C2/C(=O)NN=C2c2cnccn2)c1CO. The molecule has 0 saturated carbocycles. The Morgan fingerprint density at radius 1 is 1.21 bits per heavy atom. The fourth-order valence-electron chi connectivity index (χ4n) is 3.42. The van der Waals surface area contributed by atoms with Crippen molar-refractivity contribution < 1.29 is 9.90 Å². The van der Waals surface area contributed by atoms with Crippen LogP contribution in [-0.2, 0) is 17.8 Å². The molecule has 0 fully saturated rings. The van der Waals surface area contributed by atoms with Crippen LogP contribution in [0.2, 0.25) is 0 Å². The van der Waals surface area contributed by atoms with Crippen LogP contribution in [0.3, 0.4) is 0 Å². The summed E-state index contributed by atoms with van der Waals surface area (Å²) in [6, 6.07) is 0. The van der Waals surface area contributed by atoms with E-state index in [9.17, 15) is 9.90 Å². The third kappa shape index (κ3) is 4.02. The minimum absolute atomic E-state index is 0.101. The average Bonchev–Trinajstić information content (AvgIpc) is 3.23. The van der Waals surface area contributed by atoms with Gasteiger partial charge in [0.15, 0.2) is 0 Å². The van der Waals surface area contributed by atoms with Crippen molar-refractivity contribution in [3.63, 3.8) is 0 Å². The van der Waals surface area contributed by atoms with E-state index in [2.05, 4.69) is 44.2 Å². The maximum absolute atomic E-state index is 12.3. The molecule has 8 heteroatoms. The number of aromatic nitrogens is 3. The number of H-pyrrole nitrogens is 1. The number of aliphatic hydroxyl groups is 1. The van der Waals surface area contributed by atoms with Crippen molar-refractivity contribution in [2.45, 2.75) is 33.8 Å². The normalized spacial score (nSPS) is 15.4. The zero-order valence-corrected chi connectivity index (χ0v) is 16.5. The maximum Gasteiger partial charge on any atom is 0.273 e. The number of rotatable bonds is 8. The zero-order valence-electron chi connectivity index (χ0n) is 16.5. The number of hydrazone groups is 1. The Balaban J connectivity index is 1.94. The number of aryl methyl sites for hydroxylation is 1. The van der Waals surface area contributed by atoms with Crippen molar-refractivity contribution in [3.05, 3.63) is 52.4 Å². The van der Waals surface area contributed by atoms with Gasteiger partial charge in [-0.3, -0.25) is 14.8 Å². The molecule has 2 aromatic rings. The Labute approximate surface area is 164 Å². The number of hydrogen-bond acceptors (Lipinski definition) is 6. The predicted molar refractivity (Wildman–Crippen MR) is 108 cm³/mol. The molecule has 0 unspecified atom stereocenters. The van der Waals surface area contributed by atoms with Crippen LogP contribution in [0.5, 0.6) is 0 Å². The highest BCUT2D eigenvalue weighted by molar-refractivity contribution is 6.32. The van der Waals surface area contributed by atoms with Gasteiger partial charge in [-0.25, -0.2) is 5.43 Å². The molecule has 148 valence electrons. The van der Waals surface area contributed by atoms with Gasteiger partial charge in [-0.2, -0.15) is 5.10 Å². The van der Waals surface area contributed by atoms with Gasteiger partial charge in [-0.05, 0) is 38.1 Å². The summed E-state index contributed by atoms with van der Waals surface area (Å²) >= 11 is 0. The van der Waals surface area contributed by atoms with Gasteiger partial charge in [-0.15, -0.1) is 0 Å². The number of amides is 1. The molecule has 3 N–H and O–H groups in total. The predicted octanol–water partition coefficient (Wildman–Crippen LogP) is 1.41. The van der Waals surface area contributed by atoms with E-state index in [-0.39, 0.29) is 12.5 Å². The second-order valence-electron chi connectivity index (χ2n) is 6.61. The summed E-state index contributed by atoms with van der Waals surface area (Å²) in [4.78, 5) is 26.3. The van der Waals surface area contributed by atoms with Crippen molar-refractivity contribution >= 4 is 17.7 Å². The minimum atomic E-state index is -0.304. The second kappa shape index (κ2) is 8.90. The van der Waals surface area contributed by atoms with E-state index in [0.717, 1.165) is 48.6 Å². The van der Waals surface area contributed by atoms with Crippen LogP contribution in [0.4, 0.5) is 0 Å². The van der Waals surface area contributed by atoms with Gasteiger partial charge in [0.05, 0.1) is 18.4 Å². The lowest BCUT2D eigenvalue weighted by atomic mass is 10.0. The number of aliphatic hydroxyl groups excluding tert-OH is 1. The molecule has 0 spiro atoms. The third-order valence-electron chi connectivity index (χ3n) is 5.06. The Hall–Kier alpha value is -2.84. The van der Waals surface area contributed by atoms with Crippen molar-refractivity contribution in [3.8, 4) is 0 Å². The fourth-order valence-corrected chi connectivity index (χ4v) is 3.42. The van der Waals surface area contributed by atoms with Crippen molar-refractivity contribution in [2.75, 3.05) is 19.6 Å². The first-order valence-corrected chi connectivity index (χ1v) is 9.49. The van der Waals surface area contributed by atoms with Crippen LogP contribution in [0.1, 0.15) is 42.1 Å². The summed E-state index contributed by atoms with van der Waals surface area (Å²) in [5.74, 6) is -0.304. The van der Waals surface area contributed by atoms with E-state index in [1.165, 1.54) is 0 Å². The molecule has 0 saturated heterocycles. The minimum Gasteiger partial charge on any atom is -0.392 e. The molecule has 0 atom stereocenters. The summed E-state index contributed by atoms with van der Waals surface area (Å²) < 4.78 is 0. The molecular formula is C20H26N6O2. The Kier molecular flexibility index (Phi) is 6.33. The lowest BCUT2D eigenvalue weighted by Crippen LogP contribution is -2.25. The Morgan fingerprint density at radius 2 is 2.00 bits per heavy atom. The zero-order chi connectivity index (χ0) is 20.1. The van der Waals surface area contributed by atoms with E-state index in [1.54, 1.807) is 24.7 Å². The lowest BCUT2D eigenvalue weighted by molar-refractivity contribution is -0.116. The Morgan fingerprint density at radius 3 is 2.64 bits per heavy atom. The van der Waals surface area contributed by atoms with E-state index in [4.69, 9.17) is 0 Å². The summed E-state index contributed by atoms with van der Waals surface area (Å²) in [5.41, 5.74) is 7.47. The van der Waals surface area contributed by atoms with E-state index in [0.29, 0.717) is 17.0 Å². The van der Waals surface area contributed by atoms with Crippen LogP contribution >= 0.6 is 0 Å². The molecule has 2 aromatic heterocycles. The maximum atomic E-state index is 12.3. The van der Waals surface area contributed by atoms with Crippen LogP contribution in [0.15, 0.2) is 29.3 Å². The van der Waals surface area contributed by atoms with Crippen LogP contribution in [0, 0.1) is 6.92 Å². The smallest absolute Gasteiger partial charge is 0.273 e. The molecule has 0 aliphatic carbocycles. The number of carbonyl (C=O) groups is 1. The summed E-state index contributed by atoms with van der Waals surface area (Å²) in [6.45, 7) is 9.07. The molecule has 1 aliphatic heterocycles. The number of nitrogens with one attached hydrogen (secondary N) is 2. The number of hydrogen-bond donors (Lipinski definition) is 3. The third-order valence-corrected chi connectivity index (χ3v) is 5.06. The molecule has 3 rings (SSSR count). The number of nitrogens with zero attached hydrogens (tertiary/aromatic N) is 4. The van der Waals surface area contributed by atoms with Crippen molar-refractivity contribution in [1.29, 1.82) is 0 Å². The standard InChI is InChI=1S/C20H26N6O2/c1-4-26(5-2)9-6-14-13(3)23-17(16(14)12-27)10-15-19(24-25-20(15)28)18-11-21-7-8-22-18/h7-8,10-11,23,27H,4-6,9,12H2,1-3H3,(H,25,28)/b15-10+. The summed E-state index contributed by atoms with van der Waals surface area (Å²) in [6.07, 6.45) is 7.25. The quantitative estimate of drug-likeness (QED) is 0.599. The largest absolute Gasteiger partial charge is 0.392 e. The van der Waals surface area contributed by atoms with E-state index >= 15 is 0 Å². The van der Waals surface area contributed by atoms with Crippen molar-refractivity contribution in [2.24, 2.45) is 5.10 Å². The molecule has 28 heavy (non-hydrogen) atoms. The highest BCUT2D eigenvalue weighted by Crippen LogP contribution is 2.24. The molecule has 1 aliphatic rings. The highest BCUT2D eigenvalue weighted by Gasteiger charge is 2.26. The molecule has 0 aromatic carbocycles. The van der Waals surface area contributed by atoms with Crippen molar-refractivity contribution in [1.82, 2.24) is 25.3 Å². The summed E-state index contributed by atoms with van der Waals surface area (Å²) in [7, 11) is 0. The van der Waals surface area contributed by atoms with Gasteiger partial charge in [-0.1, -0.05) is 13.8 Å². The second-order valence-corrected chi connectivity index (χ2v) is 6.61. The Bertz CT molecular complexity index is 897. The molecule has 3 heterocycles. The first-order chi connectivity index (χ1) is 13.6. The molecule has 1 amide bonds. The molecule has 0 radical (unpaired) electrons. The topological polar surface area (TPSA) is 106 Å². The van der Waals surface area contributed by atoms with E-state index in [1.807, 2.05) is 6.92 Å². The first-order valence-electron chi connectivity index (χ1n) is 9.49. The molecular weight excluding hydrogens is 356 g/mol. The van der Waals surface area contributed by atoms with Crippen LogP contribution < -0.4 is 5.43 Å². The average molecular weight is 382 g/mol.